The van der Waals surface area contributed by atoms with Gasteiger partial charge in [0.25, 0.3) is 0 Å². The molecule has 1 aromatic carbocycles. The summed E-state index contributed by atoms with van der Waals surface area (Å²) in [5.74, 6) is 0. The molecule has 1 saturated heterocycles. The highest BCUT2D eigenvalue weighted by Crippen LogP contribution is 2.33. The molecule has 0 saturated carbocycles. The van der Waals surface area contributed by atoms with Crippen LogP contribution in [0.5, 0.6) is 0 Å². The Bertz CT molecular complexity index is 421. The van der Waals surface area contributed by atoms with Gasteiger partial charge in [0.05, 0.1) is 6.04 Å². The van der Waals surface area contributed by atoms with Gasteiger partial charge in [-0.15, -0.1) is 0 Å². The first-order valence-electron chi connectivity index (χ1n) is 8.05. The van der Waals surface area contributed by atoms with E-state index in [4.69, 9.17) is 17.3 Å². The number of halogens is 1. The molecule has 1 heterocycles. The van der Waals surface area contributed by atoms with Crippen molar-refractivity contribution in [3.8, 4) is 0 Å². The van der Waals surface area contributed by atoms with Crippen LogP contribution in [0.15, 0.2) is 24.3 Å². The highest BCUT2D eigenvalue weighted by atomic mass is 35.5. The summed E-state index contributed by atoms with van der Waals surface area (Å²) in [6.07, 6.45) is 5.38. The number of benzene rings is 1. The second kappa shape index (κ2) is 8.14. The number of rotatable bonds is 6. The first-order valence-corrected chi connectivity index (χ1v) is 8.42. The Balaban J connectivity index is 2.27. The van der Waals surface area contributed by atoms with E-state index in [2.05, 4.69) is 24.0 Å². The maximum atomic E-state index is 9.35. The Kier molecular flexibility index (Phi) is 6.49. The number of nitrogens with two attached hydrogens (primary N) is 1. The Labute approximate surface area is 133 Å². The summed E-state index contributed by atoms with van der Waals surface area (Å²) in [6.45, 7) is 3.44. The van der Waals surface area contributed by atoms with Gasteiger partial charge < -0.3 is 10.8 Å². The van der Waals surface area contributed by atoms with Crippen LogP contribution in [0.4, 0.5) is 0 Å². The summed E-state index contributed by atoms with van der Waals surface area (Å²) >= 11 is 6.02. The Morgan fingerprint density at radius 1 is 1.33 bits per heavy atom. The number of likely N-dealkylation sites (tertiary alicyclic amines) is 1. The normalized spacial score (nSPS) is 23.0. The Hall–Kier alpha value is -0.610. The molecule has 2 rings (SSSR count). The minimum atomic E-state index is 0.102. The molecule has 0 aliphatic carbocycles. The molecule has 1 aromatic rings. The van der Waals surface area contributed by atoms with Crippen LogP contribution in [0.25, 0.3) is 0 Å². The maximum Gasteiger partial charge on any atom is 0.0502 e. The molecule has 3 atom stereocenters. The molecular formula is C17H27ClN2O. The third-order valence-electron chi connectivity index (χ3n) is 4.58. The zero-order chi connectivity index (χ0) is 15.2. The largest absolute Gasteiger partial charge is 0.396 e. The van der Waals surface area contributed by atoms with E-state index in [1.165, 1.54) is 18.4 Å². The topological polar surface area (TPSA) is 49.5 Å². The van der Waals surface area contributed by atoms with Gasteiger partial charge in [0, 0.05) is 23.7 Å². The molecule has 3 nitrogen and oxygen atoms in total. The summed E-state index contributed by atoms with van der Waals surface area (Å²) in [7, 11) is 0. The molecule has 0 spiro atoms. The smallest absolute Gasteiger partial charge is 0.0502 e. The van der Waals surface area contributed by atoms with Crippen LogP contribution in [-0.4, -0.2) is 35.2 Å². The van der Waals surface area contributed by atoms with Crippen LogP contribution in [0, 0.1) is 0 Å². The van der Waals surface area contributed by atoms with Gasteiger partial charge in [-0.05, 0) is 49.9 Å². The molecule has 1 aliphatic heterocycles. The lowest BCUT2D eigenvalue weighted by Gasteiger charge is -2.43. The number of hydrogen-bond acceptors (Lipinski definition) is 3. The van der Waals surface area contributed by atoms with E-state index in [1.807, 2.05) is 12.1 Å². The van der Waals surface area contributed by atoms with Crippen molar-refractivity contribution >= 4 is 11.6 Å². The summed E-state index contributed by atoms with van der Waals surface area (Å²) in [4.78, 5) is 2.51. The Morgan fingerprint density at radius 2 is 2.05 bits per heavy atom. The van der Waals surface area contributed by atoms with Gasteiger partial charge >= 0.3 is 0 Å². The van der Waals surface area contributed by atoms with Crippen molar-refractivity contribution in [3.05, 3.63) is 34.9 Å². The highest BCUT2D eigenvalue weighted by molar-refractivity contribution is 6.30. The summed E-state index contributed by atoms with van der Waals surface area (Å²) in [5.41, 5.74) is 7.67. The molecule has 1 aliphatic rings. The van der Waals surface area contributed by atoms with Crippen molar-refractivity contribution in [3.63, 3.8) is 0 Å². The number of aliphatic hydroxyl groups excluding tert-OH is 1. The van der Waals surface area contributed by atoms with Gasteiger partial charge in [0.2, 0.25) is 0 Å². The lowest BCUT2D eigenvalue weighted by molar-refractivity contribution is 0.0619. The van der Waals surface area contributed by atoms with Crippen molar-refractivity contribution in [2.45, 2.75) is 57.2 Å². The van der Waals surface area contributed by atoms with E-state index in [9.17, 15) is 5.11 Å². The highest BCUT2D eigenvalue weighted by Gasteiger charge is 2.32. The zero-order valence-corrected chi connectivity index (χ0v) is 13.6. The predicted molar refractivity (Wildman–Crippen MR) is 88.5 cm³/mol. The van der Waals surface area contributed by atoms with Gasteiger partial charge in [-0.3, -0.25) is 4.90 Å². The number of aliphatic hydroxyl groups is 1. The van der Waals surface area contributed by atoms with Crippen molar-refractivity contribution in [1.29, 1.82) is 0 Å². The fourth-order valence-corrected chi connectivity index (χ4v) is 3.54. The molecule has 0 radical (unpaired) electrons. The third kappa shape index (κ3) is 4.19. The third-order valence-corrected chi connectivity index (χ3v) is 4.83. The van der Waals surface area contributed by atoms with Crippen LogP contribution >= 0.6 is 11.6 Å². The van der Waals surface area contributed by atoms with Crippen molar-refractivity contribution in [2.24, 2.45) is 5.73 Å². The quantitative estimate of drug-likeness (QED) is 0.847. The average Bonchev–Trinajstić information content (AvgIpc) is 2.51. The van der Waals surface area contributed by atoms with Crippen LogP contribution < -0.4 is 5.73 Å². The van der Waals surface area contributed by atoms with Crippen LogP contribution in [-0.2, 0) is 0 Å². The van der Waals surface area contributed by atoms with Gasteiger partial charge in [-0.25, -0.2) is 0 Å². The van der Waals surface area contributed by atoms with Crippen LogP contribution in [0.3, 0.4) is 0 Å². The summed E-state index contributed by atoms with van der Waals surface area (Å²) < 4.78 is 0. The van der Waals surface area contributed by atoms with Gasteiger partial charge in [0.15, 0.2) is 0 Å². The first-order chi connectivity index (χ1) is 10.2. The lowest BCUT2D eigenvalue weighted by atomic mass is 9.90. The second-order valence-electron chi connectivity index (χ2n) is 5.97. The van der Waals surface area contributed by atoms with E-state index < -0.39 is 0 Å². The van der Waals surface area contributed by atoms with E-state index in [0.29, 0.717) is 6.04 Å². The molecule has 3 unspecified atom stereocenters. The van der Waals surface area contributed by atoms with E-state index in [-0.39, 0.29) is 18.7 Å². The van der Waals surface area contributed by atoms with Crippen LogP contribution in [0.2, 0.25) is 5.02 Å². The second-order valence-corrected chi connectivity index (χ2v) is 6.40. The molecule has 0 aromatic heterocycles. The van der Waals surface area contributed by atoms with Crippen molar-refractivity contribution < 1.29 is 5.11 Å². The first kappa shape index (κ1) is 16.8. The van der Waals surface area contributed by atoms with Gasteiger partial charge in [0.1, 0.15) is 0 Å². The average molecular weight is 311 g/mol. The number of piperidine rings is 1. The molecule has 1 fully saturated rings. The van der Waals surface area contributed by atoms with Crippen molar-refractivity contribution in [1.82, 2.24) is 4.90 Å². The standard InChI is InChI=1S/C17H27ClN2O/c1-2-16(19)17(13-6-8-14(18)9-7-13)20-11-4-3-5-15(20)10-12-21/h6-9,15-17,21H,2-5,10-12,19H2,1H3. The van der Waals surface area contributed by atoms with E-state index in [1.54, 1.807) is 0 Å². The van der Waals surface area contributed by atoms with Gasteiger partial charge in [-0.1, -0.05) is 37.1 Å². The van der Waals surface area contributed by atoms with E-state index in [0.717, 1.165) is 30.8 Å². The number of hydrogen-bond donors (Lipinski definition) is 2. The van der Waals surface area contributed by atoms with Gasteiger partial charge in [-0.2, -0.15) is 0 Å². The SMILES string of the molecule is CCC(N)C(c1ccc(Cl)cc1)N1CCCCC1CCO. The molecular weight excluding hydrogens is 284 g/mol. The van der Waals surface area contributed by atoms with Crippen LogP contribution in [0.1, 0.15) is 50.6 Å². The maximum absolute atomic E-state index is 9.35. The lowest BCUT2D eigenvalue weighted by Crippen LogP contribution is -2.48. The fourth-order valence-electron chi connectivity index (χ4n) is 3.42. The van der Waals surface area contributed by atoms with E-state index >= 15 is 0 Å². The molecule has 4 heteroatoms. The minimum Gasteiger partial charge on any atom is -0.396 e. The molecule has 21 heavy (non-hydrogen) atoms. The molecule has 118 valence electrons. The fraction of sp³-hybridized carbons (Fsp3) is 0.647. The molecule has 0 bridgehead atoms. The zero-order valence-electron chi connectivity index (χ0n) is 12.8. The predicted octanol–water partition coefficient (Wildman–Crippen LogP) is 3.36. The molecule has 3 N–H and O–H groups in total. The number of nitrogens with zero attached hydrogens (tertiary/aromatic N) is 1. The summed E-state index contributed by atoms with van der Waals surface area (Å²) in [6, 6.07) is 8.81. The van der Waals surface area contributed by atoms with Crippen molar-refractivity contribution in [2.75, 3.05) is 13.2 Å². The Morgan fingerprint density at radius 3 is 2.67 bits per heavy atom. The summed E-state index contributed by atoms with van der Waals surface area (Å²) in [5, 5.41) is 10.1. The molecule has 0 amide bonds. The monoisotopic (exact) mass is 310 g/mol. The minimum absolute atomic E-state index is 0.102.